The van der Waals surface area contributed by atoms with Gasteiger partial charge in [-0.05, 0) is 6.92 Å². The molecule has 18 heavy (non-hydrogen) atoms. The van der Waals surface area contributed by atoms with Gasteiger partial charge in [-0.25, -0.2) is 13.6 Å². The Bertz CT molecular complexity index is 599. The van der Waals surface area contributed by atoms with Gasteiger partial charge in [0.15, 0.2) is 5.82 Å². The molecule has 8 heteroatoms. The number of carbonyl (C=O) groups is 1. The van der Waals surface area contributed by atoms with Gasteiger partial charge in [-0.1, -0.05) is 18.2 Å². The lowest BCUT2D eigenvalue weighted by Gasteiger charge is -1.99. The minimum atomic E-state index is -3.92. The molecule has 0 aliphatic rings. The standard InChI is InChI=1S/C10H14N4O3S/c1-3-4-5-6-9(15)12-10-8(18(11,16)17)7-14(2)13-10/h3-7H,1-2H3,(H2,11,16,17)(H,12,13,15)/b4-3+,6-5+. The van der Waals surface area contributed by atoms with E-state index in [4.69, 9.17) is 5.14 Å². The molecule has 1 rings (SSSR count). The fraction of sp³-hybridized carbons (Fsp3) is 0.200. The molecular weight excluding hydrogens is 256 g/mol. The highest BCUT2D eigenvalue weighted by Gasteiger charge is 2.19. The topological polar surface area (TPSA) is 107 Å². The van der Waals surface area contributed by atoms with E-state index in [0.29, 0.717) is 0 Å². The van der Waals surface area contributed by atoms with Crippen LogP contribution in [-0.4, -0.2) is 24.1 Å². The van der Waals surface area contributed by atoms with E-state index in [-0.39, 0.29) is 10.7 Å². The Morgan fingerprint density at radius 3 is 2.72 bits per heavy atom. The van der Waals surface area contributed by atoms with Crippen LogP contribution in [-0.2, 0) is 21.9 Å². The van der Waals surface area contributed by atoms with E-state index < -0.39 is 15.9 Å². The average Bonchev–Trinajstić information content (AvgIpc) is 2.59. The van der Waals surface area contributed by atoms with Crippen LogP contribution >= 0.6 is 0 Å². The van der Waals surface area contributed by atoms with Crippen LogP contribution in [0.4, 0.5) is 5.82 Å². The normalized spacial score (nSPS) is 12.4. The molecular formula is C10H14N4O3S. The summed E-state index contributed by atoms with van der Waals surface area (Å²) in [5.41, 5.74) is 0. The molecule has 3 N–H and O–H groups in total. The summed E-state index contributed by atoms with van der Waals surface area (Å²) in [4.78, 5) is 11.2. The smallest absolute Gasteiger partial charge is 0.249 e. The molecule has 0 radical (unpaired) electrons. The SMILES string of the molecule is C/C=C/C=C/C(=O)Nc1nn(C)cc1S(N)(=O)=O. The molecule has 1 aromatic heterocycles. The highest BCUT2D eigenvalue weighted by atomic mass is 32.2. The van der Waals surface area contributed by atoms with Gasteiger partial charge in [0.05, 0.1) is 0 Å². The Morgan fingerprint density at radius 1 is 1.50 bits per heavy atom. The fourth-order valence-corrected chi connectivity index (χ4v) is 1.83. The zero-order chi connectivity index (χ0) is 13.8. The van der Waals surface area contributed by atoms with Gasteiger partial charge in [-0.3, -0.25) is 9.48 Å². The van der Waals surface area contributed by atoms with Crippen LogP contribution in [0.1, 0.15) is 6.92 Å². The fourth-order valence-electron chi connectivity index (χ4n) is 1.17. The van der Waals surface area contributed by atoms with Crippen molar-refractivity contribution in [3.8, 4) is 0 Å². The second kappa shape index (κ2) is 5.61. The summed E-state index contributed by atoms with van der Waals surface area (Å²) in [5.74, 6) is -0.577. The summed E-state index contributed by atoms with van der Waals surface area (Å²) in [6, 6.07) is 0. The Balaban J connectivity index is 2.95. The molecule has 0 spiro atoms. The number of aryl methyl sites for hydroxylation is 1. The second-order valence-electron chi connectivity index (χ2n) is 3.43. The highest BCUT2D eigenvalue weighted by molar-refractivity contribution is 7.89. The minimum Gasteiger partial charge on any atom is -0.304 e. The van der Waals surface area contributed by atoms with Crippen LogP contribution in [0.15, 0.2) is 35.4 Å². The van der Waals surface area contributed by atoms with Crippen molar-refractivity contribution in [3.05, 3.63) is 30.5 Å². The van der Waals surface area contributed by atoms with Gasteiger partial charge >= 0.3 is 0 Å². The molecule has 1 aromatic rings. The van der Waals surface area contributed by atoms with Crippen molar-refractivity contribution in [2.45, 2.75) is 11.8 Å². The van der Waals surface area contributed by atoms with Crippen LogP contribution in [0.5, 0.6) is 0 Å². The number of nitrogens with two attached hydrogens (primary N) is 1. The average molecular weight is 270 g/mol. The van der Waals surface area contributed by atoms with E-state index >= 15 is 0 Å². The first-order valence-corrected chi connectivity index (χ1v) is 6.56. The maximum atomic E-state index is 11.5. The molecule has 1 amide bonds. The van der Waals surface area contributed by atoms with E-state index in [1.54, 1.807) is 19.1 Å². The Labute approximate surface area is 105 Å². The van der Waals surface area contributed by atoms with Crippen molar-refractivity contribution in [1.29, 1.82) is 0 Å². The predicted octanol–water partition coefficient (Wildman–Crippen LogP) is 0.138. The first-order valence-electron chi connectivity index (χ1n) is 5.01. The number of rotatable bonds is 4. The lowest BCUT2D eigenvalue weighted by atomic mass is 10.4. The molecule has 0 atom stereocenters. The molecule has 0 saturated heterocycles. The van der Waals surface area contributed by atoms with Gasteiger partial charge in [0.25, 0.3) is 0 Å². The van der Waals surface area contributed by atoms with E-state index in [1.165, 1.54) is 30.1 Å². The minimum absolute atomic E-state index is 0.0878. The Morgan fingerprint density at radius 2 is 2.17 bits per heavy atom. The predicted molar refractivity (Wildman–Crippen MR) is 67.2 cm³/mol. The van der Waals surface area contributed by atoms with E-state index in [0.717, 1.165) is 0 Å². The number of primary sulfonamides is 1. The van der Waals surface area contributed by atoms with Crippen molar-refractivity contribution in [1.82, 2.24) is 9.78 Å². The molecule has 0 aliphatic carbocycles. The maximum Gasteiger partial charge on any atom is 0.249 e. The van der Waals surface area contributed by atoms with E-state index in [2.05, 4.69) is 10.4 Å². The van der Waals surface area contributed by atoms with Crippen LogP contribution in [0.2, 0.25) is 0 Å². The third-order valence-corrected chi connectivity index (χ3v) is 2.81. The van der Waals surface area contributed by atoms with Crippen molar-refractivity contribution < 1.29 is 13.2 Å². The summed E-state index contributed by atoms with van der Waals surface area (Å²) in [5, 5.41) is 11.2. The summed E-state index contributed by atoms with van der Waals surface area (Å²) in [6.07, 6.45) is 7.41. The summed E-state index contributed by atoms with van der Waals surface area (Å²) in [6.45, 7) is 1.81. The highest BCUT2D eigenvalue weighted by Crippen LogP contribution is 2.16. The summed E-state index contributed by atoms with van der Waals surface area (Å²) >= 11 is 0. The van der Waals surface area contributed by atoms with Gasteiger partial charge in [0.1, 0.15) is 4.90 Å². The Hall–Kier alpha value is -1.93. The van der Waals surface area contributed by atoms with Crippen molar-refractivity contribution in [2.75, 3.05) is 5.32 Å². The van der Waals surface area contributed by atoms with Gasteiger partial charge in [0.2, 0.25) is 15.9 Å². The van der Waals surface area contributed by atoms with Gasteiger partial charge in [-0.2, -0.15) is 5.10 Å². The number of nitrogens with one attached hydrogen (secondary N) is 1. The van der Waals surface area contributed by atoms with E-state index in [1.807, 2.05) is 0 Å². The first-order chi connectivity index (χ1) is 8.34. The summed E-state index contributed by atoms with van der Waals surface area (Å²) < 4.78 is 23.8. The molecule has 0 aliphatic heterocycles. The lowest BCUT2D eigenvalue weighted by molar-refractivity contribution is -0.111. The largest absolute Gasteiger partial charge is 0.304 e. The third kappa shape index (κ3) is 3.82. The number of hydrogen-bond donors (Lipinski definition) is 2. The van der Waals surface area contributed by atoms with E-state index in [9.17, 15) is 13.2 Å². The lowest BCUT2D eigenvalue weighted by Crippen LogP contribution is -2.16. The number of allylic oxidation sites excluding steroid dienone is 3. The van der Waals surface area contributed by atoms with Crippen LogP contribution in [0.3, 0.4) is 0 Å². The second-order valence-corrected chi connectivity index (χ2v) is 4.96. The Kier molecular flexibility index (Phi) is 4.40. The van der Waals surface area contributed by atoms with Crippen LogP contribution < -0.4 is 10.5 Å². The van der Waals surface area contributed by atoms with Crippen LogP contribution in [0.25, 0.3) is 0 Å². The number of amides is 1. The first kappa shape index (κ1) is 14.1. The van der Waals surface area contributed by atoms with Crippen molar-refractivity contribution >= 4 is 21.7 Å². The zero-order valence-corrected chi connectivity index (χ0v) is 10.8. The monoisotopic (exact) mass is 270 g/mol. The molecule has 1 heterocycles. The number of carbonyl (C=O) groups excluding carboxylic acids is 1. The van der Waals surface area contributed by atoms with Gasteiger partial charge in [0, 0.05) is 19.3 Å². The van der Waals surface area contributed by atoms with Gasteiger partial charge in [-0.15, -0.1) is 0 Å². The molecule has 0 aromatic carbocycles. The van der Waals surface area contributed by atoms with Crippen LogP contribution in [0, 0.1) is 0 Å². The molecule has 0 saturated carbocycles. The number of sulfonamides is 1. The van der Waals surface area contributed by atoms with Crippen molar-refractivity contribution in [2.24, 2.45) is 12.2 Å². The molecule has 7 nitrogen and oxygen atoms in total. The number of anilines is 1. The number of hydrogen-bond acceptors (Lipinski definition) is 4. The molecule has 0 unspecified atom stereocenters. The molecule has 0 bridgehead atoms. The summed E-state index contributed by atoms with van der Waals surface area (Å²) in [7, 11) is -2.39. The maximum absolute atomic E-state index is 11.5. The van der Waals surface area contributed by atoms with Crippen molar-refractivity contribution in [3.63, 3.8) is 0 Å². The quantitative estimate of drug-likeness (QED) is 0.599. The zero-order valence-electron chi connectivity index (χ0n) is 9.99. The molecule has 0 fully saturated rings. The molecule has 98 valence electrons. The van der Waals surface area contributed by atoms with Gasteiger partial charge < -0.3 is 5.32 Å². The number of aromatic nitrogens is 2. The number of nitrogens with zero attached hydrogens (tertiary/aromatic N) is 2. The third-order valence-electron chi connectivity index (χ3n) is 1.89.